The van der Waals surface area contributed by atoms with Crippen LogP contribution in [0.1, 0.15) is 26.7 Å². The normalized spacial score (nSPS) is 34.3. The molecule has 0 aliphatic heterocycles. The highest BCUT2D eigenvalue weighted by molar-refractivity contribution is 6.16. The fraction of sp³-hybridized carbons (Fsp3) is 0.727. The molecule has 0 spiro atoms. The number of hydrogen-bond donors (Lipinski definition) is 4. The molecule has 7 N–H and O–H groups in total. The molecule has 1 aliphatic carbocycles. The third-order valence-corrected chi connectivity index (χ3v) is 3.71. The van der Waals surface area contributed by atoms with E-state index >= 15 is 0 Å². The molecule has 1 saturated carbocycles. The van der Waals surface area contributed by atoms with Crippen molar-refractivity contribution < 1.29 is 19.5 Å². The Balaban J connectivity index is 3.33. The molecule has 0 aromatic heterocycles. The van der Waals surface area contributed by atoms with Crippen molar-refractivity contribution in [2.45, 2.75) is 44.3 Å². The van der Waals surface area contributed by atoms with Crippen molar-refractivity contribution in [2.75, 3.05) is 0 Å². The average Bonchev–Trinajstić information content (AvgIpc) is 2.26. The predicted molar refractivity (Wildman–Crippen MR) is 63.5 cm³/mol. The van der Waals surface area contributed by atoms with Gasteiger partial charge in [-0.15, -0.1) is 0 Å². The number of rotatable bonds is 5. The van der Waals surface area contributed by atoms with Crippen LogP contribution in [0.2, 0.25) is 0 Å². The number of aliphatic carboxylic acids is 1. The molecule has 1 rings (SSSR count). The summed E-state index contributed by atoms with van der Waals surface area (Å²) in [5, 5.41) is 9.18. The summed E-state index contributed by atoms with van der Waals surface area (Å²) < 4.78 is 0. The zero-order valence-electron chi connectivity index (χ0n) is 10.5. The largest absolute Gasteiger partial charge is 0.480 e. The standard InChI is InChI=1S/C11H19N3O4/c1-5(12)7(15)10(8(16)6(2)13)3-4-11(10,14)9(17)18/h5-6H,3-4,12-14H2,1-2H3,(H,17,18). The lowest BCUT2D eigenvalue weighted by molar-refractivity contribution is -0.172. The first-order chi connectivity index (χ1) is 8.11. The number of hydrogen-bond acceptors (Lipinski definition) is 6. The zero-order chi connectivity index (χ0) is 14.3. The summed E-state index contributed by atoms with van der Waals surface area (Å²) in [5.74, 6) is -2.68. The molecule has 18 heavy (non-hydrogen) atoms. The first-order valence-electron chi connectivity index (χ1n) is 5.73. The second-order valence-electron chi connectivity index (χ2n) is 4.99. The summed E-state index contributed by atoms with van der Waals surface area (Å²) in [6, 6.07) is -1.93. The highest BCUT2D eigenvalue weighted by Gasteiger charge is 2.70. The Morgan fingerprint density at radius 3 is 1.61 bits per heavy atom. The number of carboxylic acids is 1. The lowest BCUT2D eigenvalue weighted by Gasteiger charge is -2.53. The van der Waals surface area contributed by atoms with Gasteiger partial charge in [0.2, 0.25) is 0 Å². The Hall–Kier alpha value is -1.31. The Morgan fingerprint density at radius 1 is 1.06 bits per heavy atom. The van der Waals surface area contributed by atoms with Crippen LogP contribution in [-0.2, 0) is 14.4 Å². The molecule has 0 bridgehead atoms. The molecular weight excluding hydrogens is 238 g/mol. The highest BCUT2D eigenvalue weighted by Crippen LogP contribution is 2.51. The van der Waals surface area contributed by atoms with E-state index in [0.717, 1.165) is 0 Å². The van der Waals surface area contributed by atoms with Crippen LogP contribution in [0.5, 0.6) is 0 Å². The molecule has 3 atom stereocenters. The summed E-state index contributed by atoms with van der Waals surface area (Å²) in [5.41, 5.74) is 13.1. The van der Waals surface area contributed by atoms with Crippen LogP contribution in [0.15, 0.2) is 0 Å². The zero-order valence-corrected chi connectivity index (χ0v) is 10.5. The molecule has 3 unspecified atom stereocenters. The second kappa shape index (κ2) is 4.42. The van der Waals surface area contributed by atoms with E-state index in [0.29, 0.717) is 0 Å². The maximum Gasteiger partial charge on any atom is 0.325 e. The molecule has 102 valence electrons. The van der Waals surface area contributed by atoms with Gasteiger partial charge in [0.25, 0.3) is 0 Å². The van der Waals surface area contributed by atoms with Crippen LogP contribution < -0.4 is 17.2 Å². The monoisotopic (exact) mass is 257 g/mol. The summed E-state index contributed by atoms with van der Waals surface area (Å²) >= 11 is 0. The molecule has 7 heteroatoms. The van der Waals surface area contributed by atoms with Gasteiger partial charge in [-0.25, -0.2) is 0 Å². The fourth-order valence-electron chi connectivity index (χ4n) is 2.52. The maximum atomic E-state index is 12.2. The van der Waals surface area contributed by atoms with E-state index in [4.69, 9.17) is 17.2 Å². The van der Waals surface area contributed by atoms with Crippen molar-refractivity contribution in [2.24, 2.45) is 22.6 Å². The number of carbonyl (C=O) groups excluding carboxylic acids is 2. The first kappa shape index (κ1) is 14.7. The van der Waals surface area contributed by atoms with Crippen LogP contribution >= 0.6 is 0 Å². The van der Waals surface area contributed by atoms with Crippen molar-refractivity contribution in [3.05, 3.63) is 0 Å². The van der Waals surface area contributed by atoms with Gasteiger partial charge in [-0.3, -0.25) is 14.4 Å². The molecule has 7 nitrogen and oxygen atoms in total. The number of carbonyl (C=O) groups is 3. The SMILES string of the molecule is CC(N)C(=O)C1(C(=O)C(C)N)CCC1(N)C(=O)O. The summed E-state index contributed by atoms with van der Waals surface area (Å²) in [4.78, 5) is 35.6. The van der Waals surface area contributed by atoms with Crippen molar-refractivity contribution in [3.63, 3.8) is 0 Å². The van der Waals surface area contributed by atoms with Crippen LogP contribution in [0.4, 0.5) is 0 Å². The third kappa shape index (κ3) is 1.66. The van der Waals surface area contributed by atoms with E-state index in [1.54, 1.807) is 0 Å². The lowest BCUT2D eigenvalue weighted by Crippen LogP contribution is -2.77. The third-order valence-electron chi connectivity index (χ3n) is 3.71. The molecule has 0 aromatic rings. The van der Waals surface area contributed by atoms with E-state index in [1.165, 1.54) is 13.8 Å². The van der Waals surface area contributed by atoms with Gasteiger partial charge >= 0.3 is 5.97 Å². The van der Waals surface area contributed by atoms with Crippen molar-refractivity contribution in [3.8, 4) is 0 Å². The quantitative estimate of drug-likeness (QED) is 0.432. The van der Waals surface area contributed by atoms with Crippen molar-refractivity contribution in [1.82, 2.24) is 0 Å². The van der Waals surface area contributed by atoms with Crippen LogP contribution in [-0.4, -0.2) is 40.3 Å². The first-order valence-corrected chi connectivity index (χ1v) is 5.73. The van der Waals surface area contributed by atoms with Gasteiger partial charge in [-0.2, -0.15) is 0 Å². The second-order valence-corrected chi connectivity index (χ2v) is 4.99. The van der Waals surface area contributed by atoms with E-state index in [1.807, 2.05) is 0 Å². The minimum absolute atomic E-state index is 0.0548. The molecule has 0 amide bonds. The summed E-state index contributed by atoms with van der Waals surface area (Å²) in [6.45, 7) is 2.80. The number of carboxylic acid groups (broad SMARTS) is 1. The molecular formula is C11H19N3O4. The lowest BCUT2D eigenvalue weighted by atomic mass is 9.49. The van der Waals surface area contributed by atoms with Gasteiger partial charge in [-0.1, -0.05) is 0 Å². The predicted octanol–water partition coefficient (Wildman–Crippen LogP) is -1.62. The number of Topliss-reactive ketones (excluding diaryl/α,β-unsaturated/α-hetero) is 2. The molecule has 0 saturated heterocycles. The molecule has 1 fully saturated rings. The van der Waals surface area contributed by atoms with Crippen LogP contribution in [0.25, 0.3) is 0 Å². The fourth-order valence-corrected chi connectivity index (χ4v) is 2.52. The van der Waals surface area contributed by atoms with Gasteiger partial charge in [0, 0.05) is 0 Å². The van der Waals surface area contributed by atoms with Gasteiger partial charge in [-0.05, 0) is 26.7 Å². The molecule has 0 heterocycles. The Kier molecular flexibility index (Phi) is 3.62. The van der Waals surface area contributed by atoms with Gasteiger partial charge in [0.05, 0.1) is 12.1 Å². The molecule has 0 aromatic carbocycles. The van der Waals surface area contributed by atoms with Gasteiger partial charge in [0.1, 0.15) is 11.0 Å². The molecule has 0 radical (unpaired) electrons. The Morgan fingerprint density at radius 2 is 1.44 bits per heavy atom. The Labute approximate surface area is 105 Å². The van der Waals surface area contributed by atoms with E-state index in [-0.39, 0.29) is 12.8 Å². The van der Waals surface area contributed by atoms with Crippen molar-refractivity contribution >= 4 is 17.5 Å². The van der Waals surface area contributed by atoms with Gasteiger partial charge in [0.15, 0.2) is 11.6 Å². The van der Waals surface area contributed by atoms with Gasteiger partial charge < -0.3 is 22.3 Å². The number of nitrogens with two attached hydrogens (primary N) is 3. The van der Waals surface area contributed by atoms with E-state index < -0.39 is 40.6 Å². The minimum Gasteiger partial charge on any atom is -0.480 e. The Bertz CT molecular complexity index is 385. The minimum atomic E-state index is -1.90. The van der Waals surface area contributed by atoms with Crippen molar-refractivity contribution in [1.29, 1.82) is 0 Å². The van der Waals surface area contributed by atoms with Crippen LogP contribution in [0.3, 0.4) is 0 Å². The highest BCUT2D eigenvalue weighted by atomic mass is 16.4. The number of ketones is 2. The van der Waals surface area contributed by atoms with E-state index in [9.17, 15) is 19.5 Å². The smallest absolute Gasteiger partial charge is 0.325 e. The maximum absolute atomic E-state index is 12.2. The van der Waals surface area contributed by atoms with E-state index in [2.05, 4.69) is 0 Å². The molecule has 1 aliphatic rings. The average molecular weight is 257 g/mol. The summed E-state index contributed by atoms with van der Waals surface area (Å²) in [6.07, 6.45) is 0.135. The van der Waals surface area contributed by atoms with Crippen LogP contribution in [0, 0.1) is 5.41 Å². The topological polar surface area (TPSA) is 150 Å². The summed E-state index contributed by atoms with van der Waals surface area (Å²) in [7, 11) is 0.